The summed E-state index contributed by atoms with van der Waals surface area (Å²) in [7, 11) is 0. The van der Waals surface area contributed by atoms with Gasteiger partial charge in [0, 0.05) is 23.5 Å². The van der Waals surface area contributed by atoms with Crippen LogP contribution in [0.4, 0.5) is 5.82 Å². The zero-order chi connectivity index (χ0) is 19.0. The summed E-state index contributed by atoms with van der Waals surface area (Å²) in [5, 5.41) is 10.5. The molecule has 1 atom stereocenters. The van der Waals surface area contributed by atoms with Gasteiger partial charge in [0.05, 0.1) is 11.3 Å². The molecule has 1 N–H and O–H groups in total. The van der Waals surface area contributed by atoms with Crippen LogP contribution in [0.3, 0.4) is 0 Å². The second kappa shape index (κ2) is 7.27. The van der Waals surface area contributed by atoms with E-state index in [2.05, 4.69) is 53.0 Å². The van der Waals surface area contributed by atoms with Gasteiger partial charge in [0.2, 0.25) is 0 Å². The van der Waals surface area contributed by atoms with Crippen LogP contribution in [0.5, 0.6) is 0 Å². The van der Waals surface area contributed by atoms with Crippen molar-refractivity contribution in [1.29, 1.82) is 0 Å². The summed E-state index contributed by atoms with van der Waals surface area (Å²) >= 11 is 1.67. The highest BCUT2D eigenvalue weighted by molar-refractivity contribution is 7.19. The van der Waals surface area contributed by atoms with E-state index in [-0.39, 0.29) is 5.92 Å². The standard InChI is InChI=1S/C21H23N3O2S/c1-3-14-6-8-15(9-7-14)17-13(2)27-20-18(17)19(22-12-23-20)24-10-4-5-16(11-24)21(25)26/h6-9,12,16H,3-5,10-11H2,1-2H3,(H,25,26). The van der Waals surface area contributed by atoms with Gasteiger partial charge in [-0.1, -0.05) is 31.2 Å². The number of aliphatic carboxylic acids is 1. The summed E-state index contributed by atoms with van der Waals surface area (Å²) in [5.74, 6) is -0.192. The summed E-state index contributed by atoms with van der Waals surface area (Å²) in [4.78, 5) is 24.9. The molecule has 1 aliphatic heterocycles. The molecule has 3 heterocycles. The number of hydrogen-bond acceptors (Lipinski definition) is 5. The molecule has 4 rings (SSSR count). The van der Waals surface area contributed by atoms with Crippen LogP contribution in [0.2, 0.25) is 0 Å². The molecule has 1 fully saturated rings. The Bertz CT molecular complexity index is 981. The van der Waals surface area contributed by atoms with Gasteiger partial charge in [0.15, 0.2) is 0 Å². The first kappa shape index (κ1) is 17.9. The lowest BCUT2D eigenvalue weighted by Crippen LogP contribution is -2.39. The number of rotatable bonds is 4. The number of carboxylic acids is 1. The van der Waals surface area contributed by atoms with Gasteiger partial charge in [0.1, 0.15) is 17.0 Å². The van der Waals surface area contributed by atoms with Crippen LogP contribution in [0.25, 0.3) is 21.3 Å². The Hall–Kier alpha value is -2.47. The van der Waals surface area contributed by atoms with Crippen molar-refractivity contribution >= 4 is 33.3 Å². The molecule has 0 amide bonds. The molecule has 0 radical (unpaired) electrons. The van der Waals surface area contributed by atoms with Gasteiger partial charge in [-0.2, -0.15) is 0 Å². The van der Waals surface area contributed by atoms with E-state index in [1.807, 2.05) is 0 Å². The lowest BCUT2D eigenvalue weighted by molar-refractivity contribution is -0.141. The topological polar surface area (TPSA) is 66.3 Å². The predicted molar refractivity (Wildman–Crippen MR) is 110 cm³/mol. The maximum absolute atomic E-state index is 11.5. The largest absolute Gasteiger partial charge is 0.481 e. The Kier molecular flexibility index (Phi) is 4.83. The van der Waals surface area contributed by atoms with Gasteiger partial charge < -0.3 is 10.0 Å². The maximum Gasteiger partial charge on any atom is 0.308 e. The molecule has 0 aliphatic carbocycles. The zero-order valence-corrected chi connectivity index (χ0v) is 16.4. The lowest BCUT2D eigenvalue weighted by Gasteiger charge is -2.32. The number of benzene rings is 1. The Morgan fingerprint density at radius 1 is 1.30 bits per heavy atom. The van der Waals surface area contributed by atoms with Crippen molar-refractivity contribution in [3.8, 4) is 11.1 Å². The fourth-order valence-corrected chi connectivity index (χ4v) is 4.90. The van der Waals surface area contributed by atoms with E-state index in [1.54, 1.807) is 17.7 Å². The molecule has 1 aliphatic rings. The number of piperidine rings is 1. The van der Waals surface area contributed by atoms with Crippen LogP contribution >= 0.6 is 11.3 Å². The first-order valence-corrected chi connectivity index (χ1v) is 10.2. The van der Waals surface area contributed by atoms with Crippen LogP contribution < -0.4 is 4.90 Å². The molecule has 2 aromatic heterocycles. The summed E-state index contributed by atoms with van der Waals surface area (Å²) in [6.07, 6.45) is 4.21. The normalized spacial score (nSPS) is 17.4. The number of carboxylic acid groups (broad SMARTS) is 1. The molecule has 0 spiro atoms. The number of hydrogen-bond donors (Lipinski definition) is 1. The Morgan fingerprint density at radius 2 is 2.07 bits per heavy atom. The summed E-state index contributed by atoms with van der Waals surface area (Å²) in [5.41, 5.74) is 3.65. The maximum atomic E-state index is 11.5. The number of aromatic nitrogens is 2. The molecule has 6 heteroatoms. The van der Waals surface area contributed by atoms with E-state index in [9.17, 15) is 9.90 Å². The van der Waals surface area contributed by atoms with Gasteiger partial charge in [-0.3, -0.25) is 4.79 Å². The molecule has 0 saturated carbocycles. The number of carbonyl (C=O) groups is 1. The average molecular weight is 382 g/mol. The van der Waals surface area contributed by atoms with Crippen molar-refractivity contribution in [3.63, 3.8) is 0 Å². The van der Waals surface area contributed by atoms with E-state index >= 15 is 0 Å². The van der Waals surface area contributed by atoms with Crippen molar-refractivity contribution in [2.75, 3.05) is 18.0 Å². The molecule has 3 aromatic rings. The smallest absolute Gasteiger partial charge is 0.308 e. The number of aryl methyl sites for hydroxylation is 2. The monoisotopic (exact) mass is 381 g/mol. The number of fused-ring (bicyclic) bond motifs is 1. The van der Waals surface area contributed by atoms with Crippen LogP contribution in [-0.2, 0) is 11.2 Å². The summed E-state index contributed by atoms with van der Waals surface area (Å²) in [6.45, 7) is 5.61. The molecule has 1 aromatic carbocycles. The predicted octanol–water partition coefficient (Wildman–Crippen LogP) is 4.53. The minimum absolute atomic E-state index is 0.337. The first-order chi connectivity index (χ1) is 13.1. The second-order valence-corrected chi connectivity index (χ2v) is 8.29. The van der Waals surface area contributed by atoms with Gasteiger partial charge in [0.25, 0.3) is 0 Å². The molecule has 1 unspecified atom stereocenters. The van der Waals surface area contributed by atoms with Crippen LogP contribution in [0.1, 0.15) is 30.2 Å². The average Bonchev–Trinajstić information content (AvgIpc) is 3.04. The highest BCUT2D eigenvalue weighted by Gasteiger charge is 2.28. The molecular weight excluding hydrogens is 358 g/mol. The van der Waals surface area contributed by atoms with Crippen LogP contribution in [0, 0.1) is 12.8 Å². The third-order valence-corrected chi connectivity index (χ3v) is 6.38. The van der Waals surface area contributed by atoms with Crippen molar-refractivity contribution in [3.05, 3.63) is 41.0 Å². The van der Waals surface area contributed by atoms with Crippen molar-refractivity contribution in [2.24, 2.45) is 5.92 Å². The Labute approximate surface area is 162 Å². The quantitative estimate of drug-likeness (QED) is 0.719. The third-order valence-electron chi connectivity index (χ3n) is 5.37. The van der Waals surface area contributed by atoms with Crippen molar-refractivity contribution < 1.29 is 9.90 Å². The molecule has 5 nitrogen and oxygen atoms in total. The Balaban J connectivity index is 1.83. The SMILES string of the molecule is CCc1ccc(-c2c(C)sc3ncnc(N4CCCC(C(=O)O)C4)c23)cc1. The van der Waals surface area contributed by atoms with Crippen LogP contribution in [-0.4, -0.2) is 34.1 Å². The van der Waals surface area contributed by atoms with Gasteiger partial charge >= 0.3 is 5.97 Å². The molecule has 0 bridgehead atoms. The minimum Gasteiger partial charge on any atom is -0.481 e. The van der Waals surface area contributed by atoms with E-state index in [4.69, 9.17) is 0 Å². The van der Waals surface area contributed by atoms with Crippen molar-refractivity contribution in [1.82, 2.24) is 9.97 Å². The number of nitrogens with zero attached hydrogens (tertiary/aromatic N) is 3. The Morgan fingerprint density at radius 3 is 2.78 bits per heavy atom. The third kappa shape index (κ3) is 3.30. The van der Waals surface area contributed by atoms with E-state index < -0.39 is 5.97 Å². The lowest BCUT2D eigenvalue weighted by atomic mass is 9.97. The molecule has 1 saturated heterocycles. The van der Waals surface area contributed by atoms with Crippen molar-refractivity contribution in [2.45, 2.75) is 33.1 Å². The number of thiophene rings is 1. The first-order valence-electron chi connectivity index (χ1n) is 9.39. The summed E-state index contributed by atoms with van der Waals surface area (Å²) < 4.78 is 0. The van der Waals surface area contributed by atoms with E-state index in [1.165, 1.54) is 21.6 Å². The molecule has 27 heavy (non-hydrogen) atoms. The van der Waals surface area contributed by atoms with Gasteiger partial charge in [-0.25, -0.2) is 9.97 Å². The van der Waals surface area contributed by atoms with E-state index in [0.717, 1.165) is 41.8 Å². The minimum atomic E-state index is -0.720. The van der Waals surface area contributed by atoms with E-state index in [0.29, 0.717) is 6.54 Å². The van der Waals surface area contributed by atoms with Gasteiger partial charge in [-0.15, -0.1) is 11.3 Å². The fraction of sp³-hybridized carbons (Fsp3) is 0.381. The van der Waals surface area contributed by atoms with Gasteiger partial charge in [-0.05, 0) is 37.3 Å². The molecular formula is C21H23N3O2S. The highest BCUT2D eigenvalue weighted by atomic mass is 32.1. The number of anilines is 1. The highest BCUT2D eigenvalue weighted by Crippen LogP contribution is 2.42. The zero-order valence-electron chi connectivity index (χ0n) is 15.6. The fourth-order valence-electron chi connectivity index (χ4n) is 3.89. The summed E-state index contributed by atoms with van der Waals surface area (Å²) in [6, 6.07) is 8.67. The molecule has 140 valence electrons. The van der Waals surface area contributed by atoms with Crippen LogP contribution in [0.15, 0.2) is 30.6 Å². The second-order valence-electron chi connectivity index (χ2n) is 7.08.